The summed E-state index contributed by atoms with van der Waals surface area (Å²) in [7, 11) is 8.34. The molecule has 36 heavy (non-hydrogen) atoms. The number of quaternary nitrogens is 1. The Hall–Kier alpha value is -1.95. The van der Waals surface area contributed by atoms with E-state index in [1.54, 1.807) is 14.1 Å². The normalized spacial score (nSPS) is 15.5. The highest BCUT2D eigenvalue weighted by Crippen LogP contribution is 2.28. The van der Waals surface area contributed by atoms with E-state index in [4.69, 9.17) is 16.9 Å². The number of nitrogens with one attached hydrogen (secondary N) is 1. The second kappa shape index (κ2) is 17.5. The van der Waals surface area contributed by atoms with E-state index in [1.165, 1.54) is 124 Å². The molecule has 1 atom stereocenters. The molecule has 1 aliphatic heterocycles. The molecule has 1 aliphatic rings. The van der Waals surface area contributed by atoms with Gasteiger partial charge in [-0.25, -0.2) is 0 Å². The quantitative estimate of drug-likeness (QED) is 0.0853. The van der Waals surface area contributed by atoms with E-state index in [9.17, 15) is 0 Å². The summed E-state index contributed by atoms with van der Waals surface area (Å²) in [4.78, 5) is 4.08. The van der Waals surface area contributed by atoms with Gasteiger partial charge in [0, 0.05) is 38.4 Å². The minimum absolute atomic E-state index is 0.0926. The van der Waals surface area contributed by atoms with Crippen LogP contribution >= 0.6 is 0 Å². The molecule has 1 heterocycles. The van der Waals surface area contributed by atoms with Gasteiger partial charge in [0.15, 0.2) is 5.96 Å². The highest BCUT2D eigenvalue weighted by atomic mass is 15.4. The van der Waals surface area contributed by atoms with Crippen molar-refractivity contribution in [3.05, 3.63) is 23.8 Å². The predicted octanol–water partition coefficient (Wildman–Crippen LogP) is 6.37. The molecular formula is C30H59N6+. The van der Waals surface area contributed by atoms with Crippen LogP contribution < -0.4 is 16.4 Å². The van der Waals surface area contributed by atoms with Crippen molar-refractivity contribution in [1.82, 2.24) is 4.90 Å². The van der Waals surface area contributed by atoms with Crippen LogP contribution in [0.5, 0.6) is 0 Å². The van der Waals surface area contributed by atoms with E-state index in [-0.39, 0.29) is 5.96 Å². The van der Waals surface area contributed by atoms with Crippen molar-refractivity contribution in [3.63, 3.8) is 0 Å². The molecule has 1 aromatic rings. The molecule has 1 fully saturated rings. The van der Waals surface area contributed by atoms with Crippen LogP contribution in [0.1, 0.15) is 96.0 Å². The molecular weight excluding hydrogens is 444 g/mol. The van der Waals surface area contributed by atoms with Crippen LogP contribution in [0, 0.1) is 12.3 Å². The number of unbranched alkanes of at least 4 members (excludes halogenated alkanes) is 11. The Bertz CT molecular complexity index is 730. The number of nitrogens with two attached hydrogens (primary N) is 2. The lowest BCUT2D eigenvalue weighted by Crippen LogP contribution is -2.50. The third-order valence-corrected chi connectivity index (χ3v) is 7.84. The molecule has 6 nitrogen and oxygen atoms in total. The maximum absolute atomic E-state index is 6.65. The zero-order valence-electron chi connectivity index (χ0n) is 24.6. The molecule has 0 aromatic heterocycles. The number of guanidine groups is 1. The molecule has 0 spiro atoms. The first-order chi connectivity index (χ1) is 17.1. The molecule has 0 amide bonds. The van der Waals surface area contributed by atoms with Gasteiger partial charge in [-0.05, 0) is 43.5 Å². The number of nitrogens with zero attached hydrogens (tertiary/aromatic N) is 3. The van der Waals surface area contributed by atoms with Crippen LogP contribution in [-0.2, 0) is 0 Å². The molecule has 0 saturated carbocycles. The van der Waals surface area contributed by atoms with Crippen LogP contribution in [0.2, 0.25) is 0 Å². The SMILES string of the molecule is CCCCCCCCCCCCCC[N+](C)(C)C1CCN(c2ccc(N)c(C)c2)C1.CN(C)C(=N)N. The summed E-state index contributed by atoms with van der Waals surface area (Å²) in [5.41, 5.74) is 14.4. The summed E-state index contributed by atoms with van der Waals surface area (Å²) >= 11 is 0. The molecule has 208 valence electrons. The van der Waals surface area contributed by atoms with Gasteiger partial charge in [-0.15, -0.1) is 0 Å². The minimum Gasteiger partial charge on any atom is -0.399 e. The van der Waals surface area contributed by atoms with Crippen LogP contribution in [0.25, 0.3) is 0 Å². The van der Waals surface area contributed by atoms with Crippen LogP contribution in [0.15, 0.2) is 18.2 Å². The fourth-order valence-electron chi connectivity index (χ4n) is 4.95. The number of rotatable bonds is 15. The third kappa shape index (κ3) is 12.8. The van der Waals surface area contributed by atoms with Crippen molar-refractivity contribution >= 4 is 17.3 Å². The van der Waals surface area contributed by atoms with Gasteiger partial charge < -0.3 is 25.8 Å². The first-order valence-electron chi connectivity index (χ1n) is 14.5. The van der Waals surface area contributed by atoms with Crippen molar-refractivity contribution in [2.75, 3.05) is 58.5 Å². The number of benzene rings is 1. The van der Waals surface area contributed by atoms with Crippen LogP contribution in [0.3, 0.4) is 0 Å². The summed E-state index contributed by atoms with van der Waals surface area (Å²) in [5.74, 6) is 0.0926. The Morgan fingerprint density at radius 1 is 0.972 bits per heavy atom. The van der Waals surface area contributed by atoms with Crippen molar-refractivity contribution in [2.24, 2.45) is 5.73 Å². The summed E-state index contributed by atoms with van der Waals surface area (Å²) in [6, 6.07) is 7.25. The Morgan fingerprint density at radius 2 is 1.47 bits per heavy atom. The topological polar surface area (TPSA) is 82.4 Å². The molecule has 1 saturated heterocycles. The van der Waals surface area contributed by atoms with E-state index in [1.807, 2.05) is 0 Å². The van der Waals surface area contributed by atoms with E-state index in [0.29, 0.717) is 0 Å². The Morgan fingerprint density at radius 3 is 1.94 bits per heavy atom. The van der Waals surface area contributed by atoms with E-state index < -0.39 is 0 Å². The molecule has 0 bridgehead atoms. The standard InChI is InChI=1S/C27H50N3.C3H9N3/c1-5-6-7-8-9-10-11-12-13-14-15-16-21-30(3,4)26-19-20-29(23-26)25-17-18-27(28)24(2)22-25;1-6(2)3(4)5/h17-18,22,26H,5-16,19-21,23,28H2,1-4H3;1-2H3,(H3,4,5)/q+1;. The Balaban J connectivity index is 0.000000960. The monoisotopic (exact) mass is 503 g/mol. The molecule has 5 N–H and O–H groups in total. The number of aryl methyl sites for hydroxylation is 1. The van der Waals surface area contributed by atoms with Crippen molar-refractivity contribution in [2.45, 2.75) is 103 Å². The lowest BCUT2D eigenvalue weighted by Gasteiger charge is -2.36. The first kappa shape index (κ1) is 32.1. The zero-order valence-corrected chi connectivity index (χ0v) is 24.6. The largest absolute Gasteiger partial charge is 0.399 e. The maximum atomic E-state index is 6.65. The fourth-order valence-corrected chi connectivity index (χ4v) is 4.95. The smallest absolute Gasteiger partial charge is 0.187 e. The third-order valence-electron chi connectivity index (χ3n) is 7.84. The molecule has 0 radical (unpaired) electrons. The minimum atomic E-state index is 0.0926. The first-order valence-corrected chi connectivity index (χ1v) is 14.5. The van der Waals surface area contributed by atoms with E-state index >= 15 is 0 Å². The van der Waals surface area contributed by atoms with E-state index in [2.05, 4.69) is 51.0 Å². The lowest BCUT2D eigenvalue weighted by atomic mass is 10.0. The summed E-state index contributed by atoms with van der Waals surface area (Å²) in [6.07, 6.45) is 18.5. The second-order valence-corrected chi connectivity index (χ2v) is 11.6. The predicted molar refractivity (Wildman–Crippen MR) is 160 cm³/mol. The molecule has 6 heteroatoms. The van der Waals surface area contributed by atoms with Crippen molar-refractivity contribution in [1.29, 1.82) is 5.41 Å². The second-order valence-electron chi connectivity index (χ2n) is 11.6. The summed E-state index contributed by atoms with van der Waals surface area (Å²) in [5, 5.41) is 6.65. The number of hydrogen-bond donors (Lipinski definition) is 3. The van der Waals surface area contributed by atoms with Gasteiger partial charge in [-0.2, -0.15) is 0 Å². The molecule has 0 aliphatic carbocycles. The van der Waals surface area contributed by atoms with Gasteiger partial charge in [0.25, 0.3) is 0 Å². The van der Waals surface area contributed by atoms with Crippen LogP contribution in [-0.4, -0.2) is 69.2 Å². The van der Waals surface area contributed by atoms with Crippen molar-refractivity contribution < 1.29 is 4.48 Å². The van der Waals surface area contributed by atoms with Gasteiger partial charge >= 0.3 is 0 Å². The van der Waals surface area contributed by atoms with Gasteiger partial charge in [0.1, 0.15) is 6.04 Å². The van der Waals surface area contributed by atoms with E-state index in [0.717, 1.165) is 11.7 Å². The highest BCUT2D eigenvalue weighted by Gasteiger charge is 2.34. The average molecular weight is 504 g/mol. The highest BCUT2D eigenvalue weighted by molar-refractivity contribution is 5.73. The maximum Gasteiger partial charge on any atom is 0.187 e. The number of likely N-dealkylation sites (N-methyl/N-ethyl adjacent to an activating group) is 1. The van der Waals surface area contributed by atoms with Gasteiger partial charge in [0.2, 0.25) is 0 Å². The Kier molecular flexibility index (Phi) is 15.6. The number of nitrogen functional groups attached to an aromatic ring is 1. The van der Waals surface area contributed by atoms with Gasteiger partial charge in [-0.1, -0.05) is 71.1 Å². The van der Waals surface area contributed by atoms with Crippen LogP contribution in [0.4, 0.5) is 11.4 Å². The van der Waals surface area contributed by atoms with Gasteiger partial charge in [-0.3, -0.25) is 5.41 Å². The van der Waals surface area contributed by atoms with Gasteiger partial charge in [0.05, 0.1) is 27.2 Å². The Labute approximate surface area is 223 Å². The molecule has 2 rings (SSSR count). The molecule has 1 unspecified atom stereocenters. The number of anilines is 2. The number of hydrogen-bond acceptors (Lipinski definition) is 3. The van der Waals surface area contributed by atoms with Crippen molar-refractivity contribution in [3.8, 4) is 0 Å². The zero-order chi connectivity index (χ0) is 27.0. The summed E-state index contributed by atoms with van der Waals surface area (Å²) in [6.45, 7) is 8.07. The lowest BCUT2D eigenvalue weighted by molar-refractivity contribution is -0.912. The average Bonchev–Trinajstić information content (AvgIpc) is 3.33. The molecule has 1 aromatic carbocycles. The fraction of sp³-hybridized carbons (Fsp3) is 0.767. The summed E-state index contributed by atoms with van der Waals surface area (Å²) < 4.78 is 1.17.